The van der Waals surface area contributed by atoms with Gasteiger partial charge in [0, 0.05) is 31.0 Å². The molecule has 1 fully saturated rings. The van der Waals surface area contributed by atoms with E-state index in [9.17, 15) is 4.79 Å². The number of aromatic amines is 1. The monoisotopic (exact) mass is 293 g/mol. The van der Waals surface area contributed by atoms with E-state index in [2.05, 4.69) is 25.4 Å². The van der Waals surface area contributed by atoms with Crippen molar-refractivity contribution in [2.24, 2.45) is 0 Å². The SMILES string of the molecule is Cc1nc([C@H]2CCCN(CCC(=O)NC(C)(C)C)C2)n[nH]1. The van der Waals surface area contributed by atoms with Crippen LogP contribution in [0.5, 0.6) is 0 Å². The standard InChI is InChI=1S/C15H27N5O/c1-11-16-14(19-18-11)12-6-5-8-20(10-12)9-7-13(21)17-15(2,3)4/h12H,5-10H2,1-4H3,(H,17,21)(H,16,18,19)/t12-/m0/s1. The molecule has 0 bridgehead atoms. The van der Waals surface area contributed by atoms with Crippen molar-refractivity contribution in [3.8, 4) is 0 Å². The summed E-state index contributed by atoms with van der Waals surface area (Å²) in [5, 5.41) is 10.2. The Morgan fingerprint density at radius 1 is 1.48 bits per heavy atom. The Hall–Kier alpha value is -1.43. The summed E-state index contributed by atoms with van der Waals surface area (Å²) >= 11 is 0. The van der Waals surface area contributed by atoms with Gasteiger partial charge in [0.05, 0.1) is 0 Å². The summed E-state index contributed by atoms with van der Waals surface area (Å²) in [4.78, 5) is 18.7. The number of rotatable bonds is 4. The van der Waals surface area contributed by atoms with Gasteiger partial charge in [-0.15, -0.1) is 0 Å². The van der Waals surface area contributed by atoms with E-state index in [1.165, 1.54) is 0 Å². The van der Waals surface area contributed by atoms with Crippen LogP contribution in [0.25, 0.3) is 0 Å². The van der Waals surface area contributed by atoms with Gasteiger partial charge in [0.1, 0.15) is 5.82 Å². The maximum absolute atomic E-state index is 11.9. The second kappa shape index (κ2) is 6.56. The van der Waals surface area contributed by atoms with Crippen molar-refractivity contribution >= 4 is 5.91 Å². The van der Waals surface area contributed by atoms with Crippen LogP contribution >= 0.6 is 0 Å². The van der Waals surface area contributed by atoms with Gasteiger partial charge in [-0.3, -0.25) is 9.89 Å². The fraction of sp³-hybridized carbons (Fsp3) is 0.800. The Labute approximate surface area is 126 Å². The Kier molecular flexibility index (Phi) is 4.98. The molecule has 2 N–H and O–H groups in total. The molecule has 21 heavy (non-hydrogen) atoms. The molecule has 6 nitrogen and oxygen atoms in total. The highest BCUT2D eigenvalue weighted by Gasteiger charge is 2.24. The van der Waals surface area contributed by atoms with E-state index in [0.29, 0.717) is 12.3 Å². The third-order valence-corrected chi connectivity index (χ3v) is 3.65. The average molecular weight is 293 g/mol. The Morgan fingerprint density at radius 2 is 2.24 bits per heavy atom. The summed E-state index contributed by atoms with van der Waals surface area (Å²) in [5.41, 5.74) is -0.155. The molecule has 0 spiro atoms. The van der Waals surface area contributed by atoms with Gasteiger partial charge in [-0.05, 0) is 47.1 Å². The van der Waals surface area contributed by atoms with Crippen molar-refractivity contribution in [3.63, 3.8) is 0 Å². The lowest BCUT2D eigenvalue weighted by molar-refractivity contribution is -0.122. The number of aryl methyl sites for hydroxylation is 1. The third kappa shape index (κ3) is 5.12. The van der Waals surface area contributed by atoms with Crippen molar-refractivity contribution < 1.29 is 4.79 Å². The number of nitrogens with zero attached hydrogens (tertiary/aromatic N) is 3. The van der Waals surface area contributed by atoms with Gasteiger partial charge >= 0.3 is 0 Å². The average Bonchev–Trinajstić information content (AvgIpc) is 2.82. The molecule has 1 aromatic heterocycles. The largest absolute Gasteiger partial charge is 0.351 e. The van der Waals surface area contributed by atoms with Crippen LogP contribution in [-0.2, 0) is 4.79 Å². The quantitative estimate of drug-likeness (QED) is 0.884. The zero-order valence-electron chi connectivity index (χ0n) is 13.6. The lowest BCUT2D eigenvalue weighted by Crippen LogP contribution is -2.43. The lowest BCUT2D eigenvalue weighted by Gasteiger charge is -2.31. The second-order valence-electron chi connectivity index (χ2n) is 6.97. The number of nitrogens with one attached hydrogen (secondary N) is 2. The molecule has 1 amide bonds. The van der Waals surface area contributed by atoms with Crippen molar-refractivity contribution in [1.29, 1.82) is 0 Å². The summed E-state index contributed by atoms with van der Waals surface area (Å²) in [5.74, 6) is 2.29. The highest BCUT2D eigenvalue weighted by molar-refractivity contribution is 5.76. The summed E-state index contributed by atoms with van der Waals surface area (Å²) < 4.78 is 0. The van der Waals surface area contributed by atoms with E-state index in [1.807, 2.05) is 27.7 Å². The maximum Gasteiger partial charge on any atom is 0.221 e. The number of likely N-dealkylation sites (tertiary alicyclic amines) is 1. The minimum absolute atomic E-state index is 0.123. The first-order valence-corrected chi connectivity index (χ1v) is 7.76. The van der Waals surface area contributed by atoms with Gasteiger partial charge in [0.15, 0.2) is 5.82 Å². The predicted octanol–water partition coefficient (Wildman–Crippen LogP) is 1.60. The second-order valence-corrected chi connectivity index (χ2v) is 6.97. The van der Waals surface area contributed by atoms with Crippen molar-refractivity contribution in [1.82, 2.24) is 25.4 Å². The molecule has 0 radical (unpaired) electrons. The summed E-state index contributed by atoms with van der Waals surface area (Å²) in [6.45, 7) is 10.8. The highest BCUT2D eigenvalue weighted by Crippen LogP contribution is 2.24. The molecule has 1 aromatic rings. The van der Waals surface area contributed by atoms with Crippen LogP contribution in [0.1, 0.15) is 57.6 Å². The molecule has 2 heterocycles. The van der Waals surface area contributed by atoms with E-state index in [4.69, 9.17) is 0 Å². The number of amides is 1. The maximum atomic E-state index is 11.9. The van der Waals surface area contributed by atoms with Gasteiger partial charge < -0.3 is 10.2 Å². The van der Waals surface area contributed by atoms with Gasteiger partial charge in [0.25, 0.3) is 0 Å². The first-order chi connectivity index (χ1) is 9.83. The topological polar surface area (TPSA) is 73.9 Å². The van der Waals surface area contributed by atoms with E-state index in [1.54, 1.807) is 0 Å². The smallest absolute Gasteiger partial charge is 0.221 e. The normalized spacial score (nSPS) is 20.5. The molecule has 1 saturated heterocycles. The summed E-state index contributed by atoms with van der Waals surface area (Å²) in [6.07, 6.45) is 2.82. The number of carbonyl (C=O) groups excluding carboxylic acids is 1. The molecular weight excluding hydrogens is 266 g/mol. The zero-order chi connectivity index (χ0) is 15.5. The van der Waals surface area contributed by atoms with Crippen molar-refractivity contribution in [2.75, 3.05) is 19.6 Å². The number of hydrogen-bond donors (Lipinski definition) is 2. The predicted molar refractivity (Wildman–Crippen MR) is 82.0 cm³/mol. The van der Waals surface area contributed by atoms with Crippen LogP contribution in [-0.4, -0.2) is 51.2 Å². The molecule has 1 atom stereocenters. The molecule has 1 aliphatic heterocycles. The third-order valence-electron chi connectivity index (χ3n) is 3.65. The molecule has 0 aromatic carbocycles. The van der Waals surface area contributed by atoms with Gasteiger partial charge in [-0.1, -0.05) is 0 Å². The van der Waals surface area contributed by atoms with Crippen LogP contribution in [0.4, 0.5) is 0 Å². The summed E-state index contributed by atoms with van der Waals surface area (Å²) in [7, 11) is 0. The van der Waals surface area contributed by atoms with E-state index in [0.717, 1.165) is 44.1 Å². The number of hydrogen-bond acceptors (Lipinski definition) is 4. The number of carbonyl (C=O) groups is 1. The van der Waals surface area contributed by atoms with Crippen LogP contribution in [0.15, 0.2) is 0 Å². The molecule has 0 unspecified atom stereocenters. The minimum Gasteiger partial charge on any atom is -0.351 e. The van der Waals surface area contributed by atoms with E-state index in [-0.39, 0.29) is 11.4 Å². The number of aromatic nitrogens is 3. The lowest BCUT2D eigenvalue weighted by atomic mass is 9.97. The molecule has 6 heteroatoms. The van der Waals surface area contributed by atoms with Gasteiger partial charge in [-0.2, -0.15) is 5.10 Å². The van der Waals surface area contributed by atoms with Crippen LogP contribution in [0, 0.1) is 6.92 Å². The van der Waals surface area contributed by atoms with Crippen molar-refractivity contribution in [3.05, 3.63) is 11.6 Å². The fourth-order valence-electron chi connectivity index (χ4n) is 2.75. The molecule has 0 aliphatic carbocycles. The number of H-pyrrole nitrogens is 1. The Morgan fingerprint density at radius 3 is 2.86 bits per heavy atom. The zero-order valence-corrected chi connectivity index (χ0v) is 13.6. The number of piperidine rings is 1. The fourth-order valence-corrected chi connectivity index (χ4v) is 2.75. The van der Waals surface area contributed by atoms with Crippen LogP contribution in [0.2, 0.25) is 0 Å². The van der Waals surface area contributed by atoms with Crippen LogP contribution in [0.3, 0.4) is 0 Å². The first-order valence-electron chi connectivity index (χ1n) is 7.76. The Balaban J connectivity index is 1.80. The first kappa shape index (κ1) is 15.9. The van der Waals surface area contributed by atoms with Gasteiger partial charge in [-0.25, -0.2) is 4.98 Å². The van der Waals surface area contributed by atoms with Crippen LogP contribution < -0.4 is 5.32 Å². The molecule has 2 rings (SSSR count). The minimum atomic E-state index is -0.155. The molecule has 1 aliphatic rings. The molecular formula is C15H27N5O. The Bertz CT molecular complexity index is 477. The van der Waals surface area contributed by atoms with E-state index < -0.39 is 0 Å². The van der Waals surface area contributed by atoms with E-state index >= 15 is 0 Å². The van der Waals surface area contributed by atoms with Gasteiger partial charge in [0.2, 0.25) is 5.91 Å². The summed E-state index contributed by atoms with van der Waals surface area (Å²) in [6, 6.07) is 0. The highest BCUT2D eigenvalue weighted by atomic mass is 16.1. The van der Waals surface area contributed by atoms with Crippen molar-refractivity contribution in [2.45, 2.75) is 58.4 Å². The molecule has 118 valence electrons. The molecule has 0 saturated carbocycles.